The first-order chi connectivity index (χ1) is 11.8. The topological polar surface area (TPSA) is 111 Å². The zero-order valence-corrected chi connectivity index (χ0v) is 15.7. The highest BCUT2D eigenvalue weighted by Crippen LogP contribution is 2.14. The molecule has 9 heteroatoms. The molecular formula is C16H22ClN3O4S. The van der Waals surface area contributed by atoms with E-state index in [1.54, 1.807) is 18.2 Å². The molecule has 7 nitrogen and oxygen atoms in total. The summed E-state index contributed by atoms with van der Waals surface area (Å²) in [6.07, 6.45) is 1.22. The fourth-order valence-corrected chi connectivity index (χ4v) is 2.61. The van der Waals surface area contributed by atoms with Crippen molar-refractivity contribution in [3.8, 4) is 0 Å². The minimum absolute atomic E-state index is 0.218. The molecule has 0 aromatic heterocycles. The predicted molar refractivity (Wildman–Crippen MR) is 98.4 cm³/mol. The van der Waals surface area contributed by atoms with Crippen molar-refractivity contribution in [1.82, 2.24) is 10.6 Å². The number of thioether (sulfide) groups is 1. The molecular weight excluding hydrogens is 366 g/mol. The first-order valence-corrected chi connectivity index (χ1v) is 9.38. The summed E-state index contributed by atoms with van der Waals surface area (Å²) in [6, 6.07) is 5.40. The van der Waals surface area contributed by atoms with Crippen molar-refractivity contribution in [2.75, 3.05) is 12.0 Å². The monoisotopic (exact) mass is 387 g/mol. The summed E-state index contributed by atoms with van der Waals surface area (Å²) in [5.41, 5.74) is 5.82. The minimum atomic E-state index is -1.01. The van der Waals surface area contributed by atoms with Crippen LogP contribution in [-0.2, 0) is 20.9 Å². The number of esters is 1. The van der Waals surface area contributed by atoms with Crippen LogP contribution in [0.1, 0.15) is 18.9 Å². The number of rotatable bonds is 9. The standard InChI is InChI=1S/C16H22ClN3O4S/c1-10(14(21)19-9-11-5-3-4-6-12(11)17)24-15(22)13(7-8-25-2)20-16(18)23/h3-6,10,13H,7-9H2,1-2H3,(H,19,21)(H3,18,20,23)/t10-,13-/m0/s1. The average molecular weight is 388 g/mol. The van der Waals surface area contributed by atoms with Crippen LogP contribution in [0.4, 0.5) is 4.79 Å². The van der Waals surface area contributed by atoms with E-state index in [2.05, 4.69) is 10.6 Å². The molecule has 0 unspecified atom stereocenters. The average Bonchev–Trinajstić information content (AvgIpc) is 2.57. The van der Waals surface area contributed by atoms with E-state index in [1.165, 1.54) is 18.7 Å². The van der Waals surface area contributed by atoms with E-state index in [1.807, 2.05) is 12.3 Å². The Morgan fingerprint density at radius 2 is 2.00 bits per heavy atom. The van der Waals surface area contributed by atoms with Gasteiger partial charge in [0.1, 0.15) is 6.04 Å². The Balaban J connectivity index is 2.55. The number of nitrogens with two attached hydrogens (primary N) is 1. The quantitative estimate of drug-likeness (QED) is 0.558. The third-order valence-corrected chi connectivity index (χ3v) is 4.30. The number of primary amides is 1. The van der Waals surface area contributed by atoms with E-state index in [0.717, 1.165) is 5.56 Å². The predicted octanol–water partition coefficient (Wildman–Crippen LogP) is 1.68. The SMILES string of the molecule is CSCC[C@H](NC(N)=O)C(=O)O[C@@H](C)C(=O)NCc1ccccc1Cl. The molecule has 0 fully saturated rings. The molecule has 138 valence electrons. The van der Waals surface area contributed by atoms with E-state index < -0.39 is 30.1 Å². The molecule has 0 aliphatic heterocycles. The van der Waals surface area contributed by atoms with Crippen molar-refractivity contribution in [1.29, 1.82) is 0 Å². The van der Waals surface area contributed by atoms with E-state index in [-0.39, 0.29) is 6.54 Å². The summed E-state index contributed by atoms with van der Waals surface area (Å²) >= 11 is 7.53. The molecule has 0 bridgehead atoms. The van der Waals surface area contributed by atoms with E-state index in [0.29, 0.717) is 17.2 Å². The fourth-order valence-electron chi connectivity index (χ4n) is 1.93. The highest BCUT2D eigenvalue weighted by Gasteiger charge is 2.25. The number of urea groups is 1. The molecule has 1 rings (SSSR count). The van der Waals surface area contributed by atoms with E-state index in [4.69, 9.17) is 22.1 Å². The highest BCUT2D eigenvalue weighted by molar-refractivity contribution is 7.98. The number of carbonyl (C=O) groups is 3. The summed E-state index contributed by atoms with van der Waals surface area (Å²) in [4.78, 5) is 35.2. The van der Waals surface area contributed by atoms with Gasteiger partial charge >= 0.3 is 12.0 Å². The Morgan fingerprint density at radius 3 is 2.60 bits per heavy atom. The largest absolute Gasteiger partial charge is 0.451 e. The van der Waals surface area contributed by atoms with Crippen molar-refractivity contribution in [3.63, 3.8) is 0 Å². The third kappa shape index (κ3) is 7.66. The van der Waals surface area contributed by atoms with Crippen LogP contribution in [0, 0.1) is 0 Å². The molecule has 1 aromatic rings. The van der Waals surface area contributed by atoms with Gasteiger partial charge in [0.25, 0.3) is 5.91 Å². The number of nitrogens with one attached hydrogen (secondary N) is 2. The molecule has 0 aliphatic rings. The van der Waals surface area contributed by atoms with Crippen LogP contribution < -0.4 is 16.4 Å². The number of amides is 3. The molecule has 25 heavy (non-hydrogen) atoms. The molecule has 1 aromatic carbocycles. The van der Waals surface area contributed by atoms with Crippen molar-refractivity contribution in [3.05, 3.63) is 34.9 Å². The first kappa shape index (κ1) is 21.1. The first-order valence-electron chi connectivity index (χ1n) is 7.61. The minimum Gasteiger partial charge on any atom is -0.451 e. The zero-order valence-electron chi connectivity index (χ0n) is 14.1. The van der Waals surface area contributed by atoms with Gasteiger partial charge in [-0.15, -0.1) is 0 Å². The summed E-state index contributed by atoms with van der Waals surface area (Å²) < 4.78 is 5.13. The van der Waals surface area contributed by atoms with Gasteiger partial charge in [-0.2, -0.15) is 11.8 Å². The second-order valence-corrected chi connectivity index (χ2v) is 6.62. The van der Waals surface area contributed by atoms with Crippen LogP contribution in [0.15, 0.2) is 24.3 Å². The van der Waals surface area contributed by atoms with Gasteiger partial charge in [0.05, 0.1) is 0 Å². The lowest BCUT2D eigenvalue weighted by atomic mass is 10.2. The molecule has 4 N–H and O–H groups in total. The van der Waals surface area contributed by atoms with Gasteiger partial charge in [0, 0.05) is 11.6 Å². The van der Waals surface area contributed by atoms with Crippen LogP contribution in [0.25, 0.3) is 0 Å². The molecule has 0 heterocycles. The van der Waals surface area contributed by atoms with Gasteiger partial charge in [-0.25, -0.2) is 9.59 Å². The maximum atomic E-state index is 12.1. The van der Waals surface area contributed by atoms with Crippen LogP contribution in [0.5, 0.6) is 0 Å². The van der Waals surface area contributed by atoms with Gasteiger partial charge in [-0.3, -0.25) is 4.79 Å². The highest BCUT2D eigenvalue weighted by atomic mass is 35.5. The van der Waals surface area contributed by atoms with Crippen molar-refractivity contribution < 1.29 is 19.1 Å². The Morgan fingerprint density at radius 1 is 1.32 bits per heavy atom. The van der Waals surface area contributed by atoms with Gasteiger partial charge < -0.3 is 21.1 Å². The number of ether oxygens (including phenoxy) is 1. The Bertz CT molecular complexity index is 615. The molecule has 0 aliphatic carbocycles. The number of halogens is 1. The fraction of sp³-hybridized carbons (Fsp3) is 0.438. The van der Waals surface area contributed by atoms with Crippen LogP contribution in [-0.4, -0.2) is 42.1 Å². The lowest BCUT2D eigenvalue weighted by Crippen LogP contribution is -2.47. The van der Waals surface area contributed by atoms with Gasteiger partial charge in [0.2, 0.25) is 0 Å². The van der Waals surface area contributed by atoms with Crippen molar-refractivity contribution in [2.45, 2.75) is 32.0 Å². The lowest BCUT2D eigenvalue weighted by molar-refractivity contribution is -0.156. The molecule has 0 spiro atoms. The van der Waals surface area contributed by atoms with Crippen LogP contribution >= 0.6 is 23.4 Å². The number of benzene rings is 1. The van der Waals surface area contributed by atoms with Crippen LogP contribution in [0.2, 0.25) is 5.02 Å². The summed E-state index contributed by atoms with van der Waals surface area (Å²) in [5.74, 6) is -0.531. The molecule has 0 saturated heterocycles. The van der Waals surface area contributed by atoms with Gasteiger partial charge in [-0.05, 0) is 37.0 Å². The van der Waals surface area contributed by atoms with Crippen molar-refractivity contribution >= 4 is 41.3 Å². The van der Waals surface area contributed by atoms with E-state index in [9.17, 15) is 14.4 Å². The van der Waals surface area contributed by atoms with Gasteiger partial charge in [-0.1, -0.05) is 29.8 Å². The smallest absolute Gasteiger partial charge is 0.329 e. The Labute approximate surface area is 156 Å². The Hall–Kier alpha value is -1.93. The second-order valence-electron chi connectivity index (χ2n) is 5.23. The maximum Gasteiger partial charge on any atom is 0.329 e. The van der Waals surface area contributed by atoms with Crippen molar-refractivity contribution in [2.24, 2.45) is 5.73 Å². The Kier molecular flexibility index (Phi) is 9.15. The molecule has 2 atom stereocenters. The summed E-state index contributed by atoms with van der Waals surface area (Å²) in [7, 11) is 0. The second kappa shape index (κ2) is 10.8. The zero-order chi connectivity index (χ0) is 18.8. The summed E-state index contributed by atoms with van der Waals surface area (Å²) in [5, 5.41) is 5.51. The molecule has 0 radical (unpaired) electrons. The lowest BCUT2D eigenvalue weighted by Gasteiger charge is -2.19. The number of hydrogen-bond donors (Lipinski definition) is 3. The molecule has 0 saturated carbocycles. The number of hydrogen-bond acceptors (Lipinski definition) is 5. The maximum absolute atomic E-state index is 12.1. The summed E-state index contributed by atoms with van der Waals surface area (Å²) in [6.45, 7) is 1.67. The normalized spacial score (nSPS) is 12.8. The number of carbonyl (C=O) groups excluding carboxylic acids is 3. The molecule has 3 amide bonds. The van der Waals surface area contributed by atoms with Crippen LogP contribution in [0.3, 0.4) is 0 Å². The van der Waals surface area contributed by atoms with E-state index >= 15 is 0 Å². The third-order valence-electron chi connectivity index (χ3n) is 3.28. The van der Waals surface area contributed by atoms with Gasteiger partial charge in [0.15, 0.2) is 6.10 Å².